The topological polar surface area (TPSA) is 38.5 Å². The Kier molecular flexibility index (Phi) is 5.82. The molecule has 2 N–H and O–H groups in total. The number of ether oxygens (including phenoxy) is 1. The van der Waals surface area contributed by atoms with Gasteiger partial charge in [0, 0.05) is 32.3 Å². The molecular formula is C12H18N2OS. The third kappa shape index (κ3) is 4.59. The van der Waals surface area contributed by atoms with Gasteiger partial charge in [-0.25, -0.2) is 0 Å². The quantitative estimate of drug-likeness (QED) is 0.735. The number of methoxy groups -OCH3 is 1. The summed E-state index contributed by atoms with van der Waals surface area (Å²) < 4.78 is 5.09. The number of rotatable bonds is 7. The lowest BCUT2D eigenvalue weighted by atomic mass is 10.2. The summed E-state index contributed by atoms with van der Waals surface area (Å²) in [7, 11) is 1.71. The fourth-order valence-electron chi connectivity index (χ4n) is 1.46. The van der Waals surface area contributed by atoms with Crippen LogP contribution in [0, 0.1) is 0 Å². The first-order valence-electron chi connectivity index (χ1n) is 5.31. The molecule has 0 unspecified atom stereocenters. The summed E-state index contributed by atoms with van der Waals surface area (Å²) in [6.07, 6.45) is 0.730. The van der Waals surface area contributed by atoms with Crippen LogP contribution in [0.15, 0.2) is 30.3 Å². The Labute approximate surface area is 102 Å². The highest BCUT2D eigenvalue weighted by Gasteiger charge is 2.05. The third-order valence-electron chi connectivity index (χ3n) is 2.31. The molecule has 4 heteroatoms. The highest BCUT2D eigenvalue weighted by atomic mass is 32.1. The largest absolute Gasteiger partial charge is 0.393 e. The van der Waals surface area contributed by atoms with E-state index < -0.39 is 0 Å². The Hall–Kier alpha value is -1.13. The first-order valence-corrected chi connectivity index (χ1v) is 5.72. The molecule has 0 bridgehead atoms. The van der Waals surface area contributed by atoms with Crippen molar-refractivity contribution in [3.8, 4) is 0 Å². The maximum Gasteiger partial charge on any atom is 0.0745 e. The normalized spacial score (nSPS) is 10.1. The Morgan fingerprint density at radius 1 is 1.31 bits per heavy atom. The van der Waals surface area contributed by atoms with E-state index in [-0.39, 0.29) is 0 Å². The highest BCUT2D eigenvalue weighted by Crippen LogP contribution is 2.13. The summed E-state index contributed by atoms with van der Waals surface area (Å²) in [5.74, 6) is 0. The molecule has 0 aliphatic rings. The van der Waals surface area contributed by atoms with Crippen LogP contribution in [-0.4, -0.2) is 31.8 Å². The van der Waals surface area contributed by atoms with Crippen molar-refractivity contribution >= 4 is 22.9 Å². The summed E-state index contributed by atoms with van der Waals surface area (Å²) in [6, 6.07) is 10.2. The van der Waals surface area contributed by atoms with Crippen molar-refractivity contribution < 1.29 is 4.74 Å². The average Bonchev–Trinajstić information content (AvgIpc) is 2.30. The highest BCUT2D eigenvalue weighted by molar-refractivity contribution is 7.80. The van der Waals surface area contributed by atoms with E-state index in [9.17, 15) is 0 Å². The SMILES string of the molecule is COCCN(CCC(N)=S)c1ccccc1. The minimum atomic E-state index is 0.554. The van der Waals surface area contributed by atoms with Gasteiger partial charge in [0.2, 0.25) is 0 Å². The van der Waals surface area contributed by atoms with Crippen LogP contribution >= 0.6 is 12.2 Å². The van der Waals surface area contributed by atoms with E-state index in [1.165, 1.54) is 5.69 Å². The van der Waals surface area contributed by atoms with Gasteiger partial charge in [0.1, 0.15) is 0 Å². The lowest BCUT2D eigenvalue weighted by Crippen LogP contribution is -2.30. The summed E-state index contributed by atoms with van der Waals surface area (Å²) in [6.45, 7) is 2.39. The summed E-state index contributed by atoms with van der Waals surface area (Å²) in [5, 5.41) is 0. The van der Waals surface area contributed by atoms with Gasteiger partial charge in [0.05, 0.1) is 11.6 Å². The van der Waals surface area contributed by atoms with Gasteiger partial charge in [-0.1, -0.05) is 30.4 Å². The molecule has 0 aliphatic heterocycles. The minimum absolute atomic E-state index is 0.554. The van der Waals surface area contributed by atoms with Crippen LogP contribution in [0.3, 0.4) is 0 Å². The zero-order valence-electron chi connectivity index (χ0n) is 9.56. The molecule has 0 fully saturated rings. The van der Waals surface area contributed by atoms with Crippen molar-refractivity contribution in [3.63, 3.8) is 0 Å². The molecule has 0 heterocycles. The fraction of sp³-hybridized carbons (Fsp3) is 0.417. The van der Waals surface area contributed by atoms with Gasteiger partial charge in [-0.3, -0.25) is 0 Å². The number of hydrogen-bond acceptors (Lipinski definition) is 3. The zero-order valence-corrected chi connectivity index (χ0v) is 10.4. The van der Waals surface area contributed by atoms with E-state index in [1.54, 1.807) is 7.11 Å². The molecule has 0 aromatic heterocycles. The van der Waals surface area contributed by atoms with Gasteiger partial charge < -0.3 is 15.4 Å². The van der Waals surface area contributed by atoms with Crippen molar-refractivity contribution in [2.75, 3.05) is 31.7 Å². The van der Waals surface area contributed by atoms with E-state index in [0.29, 0.717) is 11.6 Å². The molecule has 1 rings (SSSR count). The molecule has 88 valence electrons. The maximum absolute atomic E-state index is 5.52. The Bertz CT molecular complexity index is 316. The molecule has 0 saturated heterocycles. The predicted octanol–water partition coefficient (Wildman–Crippen LogP) is 1.82. The fourth-order valence-corrected chi connectivity index (χ4v) is 1.55. The lowest BCUT2D eigenvalue weighted by molar-refractivity contribution is 0.205. The number of nitrogens with zero attached hydrogens (tertiary/aromatic N) is 1. The van der Waals surface area contributed by atoms with Crippen LogP contribution in [0.2, 0.25) is 0 Å². The smallest absolute Gasteiger partial charge is 0.0745 e. The number of thiocarbonyl (C=S) groups is 1. The zero-order chi connectivity index (χ0) is 11.8. The molecule has 0 radical (unpaired) electrons. The molecule has 0 saturated carbocycles. The average molecular weight is 238 g/mol. The first kappa shape index (κ1) is 12.9. The van der Waals surface area contributed by atoms with Crippen LogP contribution < -0.4 is 10.6 Å². The van der Waals surface area contributed by atoms with Gasteiger partial charge in [0.25, 0.3) is 0 Å². The Morgan fingerprint density at radius 3 is 2.56 bits per heavy atom. The van der Waals surface area contributed by atoms with Crippen molar-refractivity contribution in [2.45, 2.75) is 6.42 Å². The van der Waals surface area contributed by atoms with Crippen molar-refractivity contribution in [1.82, 2.24) is 0 Å². The second-order valence-electron chi connectivity index (χ2n) is 3.53. The Morgan fingerprint density at radius 2 is 2.00 bits per heavy atom. The van der Waals surface area contributed by atoms with Crippen molar-refractivity contribution in [1.29, 1.82) is 0 Å². The molecule has 1 aromatic rings. The van der Waals surface area contributed by atoms with Gasteiger partial charge in [0.15, 0.2) is 0 Å². The summed E-state index contributed by atoms with van der Waals surface area (Å²) in [4.78, 5) is 2.78. The van der Waals surface area contributed by atoms with E-state index in [2.05, 4.69) is 17.0 Å². The molecule has 16 heavy (non-hydrogen) atoms. The number of para-hydroxylation sites is 1. The van der Waals surface area contributed by atoms with Crippen LogP contribution in [0.5, 0.6) is 0 Å². The second-order valence-corrected chi connectivity index (χ2v) is 4.06. The standard InChI is InChI=1S/C12H18N2OS/c1-15-10-9-14(8-7-12(13)16)11-5-3-2-4-6-11/h2-6H,7-10H2,1H3,(H2,13,16). The lowest BCUT2D eigenvalue weighted by Gasteiger charge is -2.24. The van der Waals surface area contributed by atoms with E-state index in [0.717, 1.165) is 19.5 Å². The minimum Gasteiger partial charge on any atom is -0.393 e. The molecule has 0 amide bonds. The number of anilines is 1. The molecule has 0 aliphatic carbocycles. The van der Waals surface area contributed by atoms with Gasteiger partial charge in [-0.2, -0.15) is 0 Å². The van der Waals surface area contributed by atoms with Crippen LogP contribution in [0.1, 0.15) is 6.42 Å². The molecule has 3 nitrogen and oxygen atoms in total. The molecule has 0 atom stereocenters. The van der Waals surface area contributed by atoms with Gasteiger partial charge >= 0.3 is 0 Å². The van der Waals surface area contributed by atoms with Gasteiger partial charge in [-0.15, -0.1) is 0 Å². The van der Waals surface area contributed by atoms with Crippen molar-refractivity contribution in [2.24, 2.45) is 5.73 Å². The molecule has 1 aromatic carbocycles. The monoisotopic (exact) mass is 238 g/mol. The van der Waals surface area contributed by atoms with Crippen LogP contribution in [0.4, 0.5) is 5.69 Å². The van der Waals surface area contributed by atoms with Crippen LogP contribution in [-0.2, 0) is 4.74 Å². The van der Waals surface area contributed by atoms with E-state index in [1.807, 2.05) is 18.2 Å². The van der Waals surface area contributed by atoms with Gasteiger partial charge in [-0.05, 0) is 12.1 Å². The van der Waals surface area contributed by atoms with Crippen LogP contribution in [0.25, 0.3) is 0 Å². The maximum atomic E-state index is 5.52. The van der Waals surface area contributed by atoms with E-state index >= 15 is 0 Å². The first-order chi connectivity index (χ1) is 7.74. The van der Waals surface area contributed by atoms with E-state index in [4.69, 9.17) is 22.7 Å². The number of benzene rings is 1. The molecular weight excluding hydrogens is 220 g/mol. The summed E-state index contributed by atoms with van der Waals surface area (Å²) in [5.41, 5.74) is 6.70. The third-order valence-corrected chi connectivity index (χ3v) is 2.52. The predicted molar refractivity (Wildman–Crippen MR) is 71.9 cm³/mol. The Balaban J connectivity index is 2.59. The second kappa shape index (κ2) is 7.19. The van der Waals surface area contributed by atoms with Crippen molar-refractivity contribution in [3.05, 3.63) is 30.3 Å². The number of nitrogens with two attached hydrogens (primary N) is 1. The summed E-state index contributed by atoms with van der Waals surface area (Å²) >= 11 is 4.90. The molecule has 0 spiro atoms. The number of hydrogen-bond donors (Lipinski definition) is 1.